The van der Waals surface area contributed by atoms with Crippen LogP contribution in [-0.4, -0.2) is 35.5 Å². The van der Waals surface area contributed by atoms with Crippen LogP contribution < -0.4 is 10.1 Å². The lowest BCUT2D eigenvalue weighted by molar-refractivity contribution is 0.102. The van der Waals surface area contributed by atoms with E-state index in [1.54, 1.807) is 31.3 Å². The predicted molar refractivity (Wildman–Crippen MR) is 97.0 cm³/mol. The first-order valence-corrected chi connectivity index (χ1v) is 7.99. The van der Waals surface area contributed by atoms with E-state index in [4.69, 9.17) is 4.74 Å². The molecule has 0 aliphatic heterocycles. The lowest BCUT2D eigenvalue weighted by atomic mass is 10.2. The summed E-state index contributed by atoms with van der Waals surface area (Å²) in [5.74, 6) is 0.166. The lowest BCUT2D eigenvalue weighted by Crippen LogP contribution is -2.29. The van der Waals surface area contributed by atoms with Crippen molar-refractivity contribution in [3.05, 3.63) is 60.3 Å². The summed E-state index contributed by atoms with van der Waals surface area (Å²) in [6, 6.07) is 14.1. The average molecular weight is 337 g/mol. The van der Waals surface area contributed by atoms with E-state index in [1.807, 2.05) is 37.4 Å². The predicted octanol–water partition coefficient (Wildman–Crippen LogP) is 3.87. The van der Waals surface area contributed by atoms with Crippen LogP contribution in [0.15, 0.2) is 54.7 Å². The number of carbonyl (C=O) groups is 2. The van der Waals surface area contributed by atoms with Gasteiger partial charge < -0.3 is 19.9 Å². The molecule has 0 fully saturated rings. The third kappa shape index (κ3) is 3.63. The van der Waals surface area contributed by atoms with E-state index >= 15 is 0 Å². The molecule has 1 heterocycles. The molecule has 6 nitrogen and oxygen atoms in total. The summed E-state index contributed by atoms with van der Waals surface area (Å²) in [6.45, 7) is 2.42. The SMILES string of the molecule is CCN(C)C(=O)Oc1ccc(C(=O)Nc2cccc3cc[nH]c23)cc1. The molecule has 3 rings (SSSR count). The molecule has 0 radical (unpaired) electrons. The van der Waals surface area contributed by atoms with Gasteiger partial charge in [-0.25, -0.2) is 4.79 Å². The lowest BCUT2D eigenvalue weighted by Gasteiger charge is -2.14. The molecule has 2 aromatic carbocycles. The highest BCUT2D eigenvalue weighted by Gasteiger charge is 2.11. The average Bonchev–Trinajstić information content (AvgIpc) is 3.11. The molecule has 128 valence electrons. The Morgan fingerprint density at radius 1 is 1.12 bits per heavy atom. The Morgan fingerprint density at radius 3 is 2.60 bits per heavy atom. The van der Waals surface area contributed by atoms with Crippen molar-refractivity contribution < 1.29 is 14.3 Å². The van der Waals surface area contributed by atoms with Gasteiger partial charge in [-0.3, -0.25) is 4.79 Å². The summed E-state index contributed by atoms with van der Waals surface area (Å²) in [7, 11) is 1.66. The topological polar surface area (TPSA) is 74.4 Å². The van der Waals surface area contributed by atoms with Gasteiger partial charge in [0, 0.05) is 30.7 Å². The Morgan fingerprint density at radius 2 is 1.88 bits per heavy atom. The molecule has 0 bridgehead atoms. The quantitative estimate of drug-likeness (QED) is 0.759. The molecule has 0 aliphatic rings. The Kier molecular flexibility index (Phi) is 4.70. The fourth-order valence-electron chi connectivity index (χ4n) is 2.37. The maximum Gasteiger partial charge on any atom is 0.414 e. The molecule has 3 aromatic rings. The molecule has 1 aromatic heterocycles. The molecule has 25 heavy (non-hydrogen) atoms. The van der Waals surface area contributed by atoms with Crippen molar-refractivity contribution in [1.29, 1.82) is 0 Å². The van der Waals surface area contributed by atoms with Crippen LogP contribution in [0.5, 0.6) is 5.75 Å². The van der Waals surface area contributed by atoms with E-state index in [0.717, 1.165) is 10.9 Å². The van der Waals surface area contributed by atoms with Crippen LogP contribution in [0.25, 0.3) is 10.9 Å². The number of aromatic amines is 1. The maximum absolute atomic E-state index is 12.4. The number of ether oxygens (including phenoxy) is 1. The van der Waals surface area contributed by atoms with Crippen molar-refractivity contribution in [2.75, 3.05) is 18.9 Å². The second-order valence-corrected chi connectivity index (χ2v) is 5.61. The summed E-state index contributed by atoms with van der Waals surface area (Å²) >= 11 is 0. The molecular weight excluding hydrogens is 318 g/mol. The van der Waals surface area contributed by atoms with Gasteiger partial charge in [-0.1, -0.05) is 12.1 Å². The number of nitrogens with zero attached hydrogens (tertiary/aromatic N) is 1. The van der Waals surface area contributed by atoms with Crippen molar-refractivity contribution in [2.24, 2.45) is 0 Å². The molecule has 0 unspecified atom stereocenters. The number of fused-ring (bicyclic) bond motifs is 1. The third-order valence-electron chi connectivity index (χ3n) is 3.94. The summed E-state index contributed by atoms with van der Waals surface area (Å²) in [5, 5.41) is 3.92. The van der Waals surface area contributed by atoms with Crippen LogP contribution in [0.4, 0.5) is 10.5 Å². The number of benzene rings is 2. The van der Waals surface area contributed by atoms with E-state index in [2.05, 4.69) is 10.3 Å². The number of anilines is 1. The highest BCUT2D eigenvalue weighted by molar-refractivity contribution is 6.08. The standard InChI is InChI=1S/C19H19N3O3/c1-3-22(2)19(24)25-15-9-7-14(8-10-15)18(23)21-16-6-4-5-13-11-12-20-17(13)16/h4-12,20H,3H2,1-2H3,(H,21,23). The second kappa shape index (κ2) is 7.09. The minimum atomic E-state index is -0.432. The van der Waals surface area contributed by atoms with Crippen molar-refractivity contribution >= 4 is 28.6 Å². The normalized spacial score (nSPS) is 10.5. The van der Waals surface area contributed by atoms with Gasteiger partial charge in [0.1, 0.15) is 5.75 Å². The van der Waals surface area contributed by atoms with Crippen LogP contribution in [-0.2, 0) is 0 Å². The highest BCUT2D eigenvalue weighted by atomic mass is 16.6. The van der Waals surface area contributed by atoms with Crippen molar-refractivity contribution in [3.8, 4) is 5.75 Å². The first-order valence-electron chi connectivity index (χ1n) is 7.99. The first-order chi connectivity index (χ1) is 12.1. The highest BCUT2D eigenvalue weighted by Crippen LogP contribution is 2.22. The number of carbonyl (C=O) groups excluding carboxylic acids is 2. The number of nitrogens with one attached hydrogen (secondary N) is 2. The molecule has 0 atom stereocenters. The van der Waals surface area contributed by atoms with Gasteiger partial charge in [0.15, 0.2) is 0 Å². The van der Waals surface area contributed by atoms with Gasteiger partial charge in [-0.05, 0) is 43.3 Å². The zero-order valence-corrected chi connectivity index (χ0v) is 14.1. The molecular formula is C19H19N3O3. The molecule has 0 aliphatic carbocycles. The fourth-order valence-corrected chi connectivity index (χ4v) is 2.37. The summed E-state index contributed by atoms with van der Waals surface area (Å²) < 4.78 is 5.22. The maximum atomic E-state index is 12.4. The Balaban J connectivity index is 1.71. The molecule has 6 heteroatoms. The van der Waals surface area contributed by atoms with E-state index in [9.17, 15) is 9.59 Å². The van der Waals surface area contributed by atoms with E-state index in [0.29, 0.717) is 23.5 Å². The number of rotatable bonds is 4. The summed E-state index contributed by atoms with van der Waals surface area (Å²) in [4.78, 5) is 28.7. The summed E-state index contributed by atoms with van der Waals surface area (Å²) in [6.07, 6.45) is 1.40. The van der Waals surface area contributed by atoms with Gasteiger partial charge in [-0.15, -0.1) is 0 Å². The van der Waals surface area contributed by atoms with Gasteiger partial charge in [0.05, 0.1) is 11.2 Å². The van der Waals surface area contributed by atoms with Crippen molar-refractivity contribution in [1.82, 2.24) is 9.88 Å². The number of aromatic nitrogens is 1. The molecule has 0 saturated heterocycles. The number of amides is 2. The van der Waals surface area contributed by atoms with Crippen LogP contribution in [0, 0.1) is 0 Å². The molecule has 2 amide bonds. The van der Waals surface area contributed by atoms with Crippen LogP contribution >= 0.6 is 0 Å². The van der Waals surface area contributed by atoms with Crippen molar-refractivity contribution in [3.63, 3.8) is 0 Å². The Hall–Kier alpha value is -3.28. The van der Waals surface area contributed by atoms with Crippen molar-refractivity contribution in [2.45, 2.75) is 6.92 Å². The van der Waals surface area contributed by atoms with E-state index in [1.165, 1.54) is 4.90 Å². The van der Waals surface area contributed by atoms with Crippen LogP contribution in [0.2, 0.25) is 0 Å². The zero-order chi connectivity index (χ0) is 17.8. The second-order valence-electron chi connectivity index (χ2n) is 5.61. The fraction of sp³-hybridized carbons (Fsp3) is 0.158. The van der Waals surface area contributed by atoms with Gasteiger partial charge in [-0.2, -0.15) is 0 Å². The minimum absolute atomic E-state index is 0.231. The van der Waals surface area contributed by atoms with Gasteiger partial charge in [0.2, 0.25) is 0 Å². The zero-order valence-electron chi connectivity index (χ0n) is 14.1. The van der Waals surface area contributed by atoms with Gasteiger partial charge >= 0.3 is 6.09 Å². The largest absolute Gasteiger partial charge is 0.414 e. The van der Waals surface area contributed by atoms with Crippen LogP contribution in [0.1, 0.15) is 17.3 Å². The van der Waals surface area contributed by atoms with E-state index < -0.39 is 6.09 Å². The van der Waals surface area contributed by atoms with Gasteiger partial charge in [0.25, 0.3) is 5.91 Å². The monoisotopic (exact) mass is 337 g/mol. The Bertz CT molecular complexity index is 900. The third-order valence-corrected chi connectivity index (χ3v) is 3.94. The number of hydrogen-bond donors (Lipinski definition) is 2. The smallest absolute Gasteiger partial charge is 0.410 e. The minimum Gasteiger partial charge on any atom is -0.410 e. The summed E-state index contributed by atoms with van der Waals surface area (Å²) in [5.41, 5.74) is 2.07. The van der Waals surface area contributed by atoms with E-state index in [-0.39, 0.29) is 5.91 Å². The number of hydrogen-bond acceptors (Lipinski definition) is 3. The van der Waals surface area contributed by atoms with Crippen LogP contribution in [0.3, 0.4) is 0 Å². The molecule has 0 saturated carbocycles. The first kappa shape index (κ1) is 16.6. The Labute approximate surface area is 145 Å². The molecule has 2 N–H and O–H groups in total. The number of H-pyrrole nitrogens is 1. The molecule has 0 spiro atoms. The number of para-hydroxylation sites is 1.